The predicted octanol–water partition coefficient (Wildman–Crippen LogP) is 3.17. The maximum absolute atomic E-state index is 13.7. The molecule has 1 N–H and O–H groups in total. The second-order valence-electron chi connectivity index (χ2n) is 8.83. The van der Waals surface area contributed by atoms with E-state index in [4.69, 9.17) is 0 Å². The van der Waals surface area contributed by atoms with Crippen molar-refractivity contribution in [3.8, 4) is 0 Å². The van der Waals surface area contributed by atoms with Gasteiger partial charge in [-0.15, -0.1) is 0 Å². The van der Waals surface area contributed by atoms with E-state index in [1.165, 1.54) is 24.9 Å². The van der Waals surface area contributed by atoms with Gasteiger partial charge >= 0.3 is 0 Å². The van der Waals surface area contributed by atoms with E-state index in [9.17, 15) is 9.18 Å². The zero-order valence-electron chi connectivity index (χ0n) is 18.3. The molecule has 3 aromatic rings. The summed E-state index contributed by atoms with van der Waals surface area (Å²) >= 11 is 0. The maximum atomic E-state index is 13.7. The topological polar surface area (TPSA) is 75.9 Å². The lowest BCUT2D eigenvalue weighted by atomic mass is 9.97. The van der Waals surface area contributed by atoms with E-state index < -0.39 is 0 Å². The Morgan fingerprint density at radius 3 is 2.91 bits per heavy atom. The van der Waals surface area contributed by atoms with Gasteiger partial charge < -0.3 is 5.32 Å². The van der Waals surface area contributed by atoms with Crippen LogP contribution in [0.3, 0.4) is 0 Å². The quantitative estimate of drug-likeness (QED) is 0.640. The van der Waals surface area contributed by atoms with E-state index in [1.54, 1.807) is 16.8 Å². The number of rotatable bonds is 6. The second-order valence-corrected chi connectivity index (χ2v) is 8.83. The molecule has 3 heterocycles. The van der Waals surface area contributed by atoms with Crippen molar-refractivity contribution >= 4 is 16.7 Å². The van der Waals surface area contributed by atoms with Gasteiger partial charge in [0, 0.05) is 30.6 Å². The third kappa shape index (κ3) is 4.50. The van der Waals surface area contributed by atoms with E-state index in [2.05, 4.69) is 25.3 Å². The number of halogens is 1. The number of hydrogen-bond acceptors (Lipinski definition) is 6. The van der Waals surface area contributed by atoms with Gasteiger partial charge in [-0.2, -0.15) is 5.10 Å². The van der Waals surface area contributed by atoms with Crippen molar-refractivity contribution in [2.24, 2.45) is 0 Å². The zero-order chi connectivity index (χ0) is 21.9. The molecular weight excluding hydrogens is 407 g/mol. The van der Waals surface area contributed by atoms with Crippen LogP contribution in [0.5, 0.6) is 0 Å². The van der Waals surface area contributed by atoms with Crippen molar-refractivity contribution in [2.45, 2.75) is 57.5 Å². The molecule has 1 aliphatic heterocycles. The minimum absolute atomic E-state index is 0.00631. The predicted molar refractivity (Wildman–Crippen MR) is 122 cm³/mol. The number of hydrogen-bond donors (Lipinski definition) is 1. The number of aromatic nitrogens is 4. The van der Waals surface area contributed by atoms with E-state index >= 15 is 0 Å². The van der Waals surface area contributed by atoms with Gasteiger partial charge in [0.1, 0.15) is 18.0 Å². The lowest BCUT2D eigenvalue weighted by Crippen LogP contribution is -2.45. The minimum atomic E-state index is -0.294. The molecule has 168 valence electrons. The molecular formula is C24H29FN6O. The fraction of sp³-hybridized carbons (Fsp3) is 0.500. The summed E-state index contributed by atoms with van der Waals surface area (Å²) < 4.78 is 15.4. The highest BCUT2D eigenvalue weighted by atomic mass is 19.1. The highest BCUT2D eigenvalue weighted by molar-refractivity contribution is 5.88. The van der Waals surface area contributed by atoms with Gasteiger partial charge in [0.05, 0.1) is 17.8 Å². The largest absolute Gasteiger partial charge is 0.368 e. The van der Waals surface area contributed by atoms with Gasteiger partial charge in [-0.3, -0.25) is 9.69 Å². The zero-order valence-corrected chi connectivity index (χ0v) is 18.3. The third-order valence-electron chi connectivity index (χ3n) is 6.72. The number of aryl methyl sites for hydroxylation is 2. The van der Waals surface area contributed by atoms with Gasteiger partial charge in [-0.05, 0) is 68.8 Å². The Bertz CT molecular complexity index is 1160. The number of anilines is 1. The van der Waals surface area contributed by atoms with Crippen molar-refractivity contribution in [3.05, 3.63) is 58.0 Å². The summed E-state index contributed by atoms with van der Waals surface area (Å²) in [6.07, 6.45) is 9.17. The van der Waals surface area contributed by atoms with Crippen molar-refractivity contribution in [1.82, 2.24) is 24.6 Å². The van der Waals surface area contributed by atoms with Gasteiger partial charge in [-0.25, -0.2) is 19.0 Å². The van der Waals surface area contributed by atoms with Crippen LogP contribution in [0.15, 0.2) is 35.4 Å². The molecule has 2 aliphatic rings. The highest BCUT2D eigenvalue weighted by Gasteiger charge is 2.23. The molecule has 8 heteroatoms. The van der Waals surface area contributed by atoms with E-state index in [0.29, 0.717) is 23.8 Å². The molecule has 1 atom stereocenters. The number of nitrogens with one attached hydrogen (secondary N) is 1. The van der Waals surface area contributed by atoms with Gasteiger partial charge in [0.2, 0.25) is 0 Å². The molecule has 1 fully saturated rings. The molecule has 5 rings (SSSR count). The Kier molecular flexibility index (Phi) is 6.12. The van der Waals surface area contributed by atoms with Crippen LogP contribution in [-0.2, 0) is 19.4 Å². The molecule has 0 amide bonds. The monoisotopic (exact) mass is 436 g/mol. The van der Waals surface area contributed by atoms with Crippen LogP contribution < -0.4 is 10.9 Å². The van der Waals surface area contributed by atoms with Crippen molar-refractivity contribution in [1.29, 1.82) is 0 Å². The van der Waals surface area contributed by atoms with Gasteiger partial charge in [0.15, 0.2) is 0 Å². The van der Waals surface area contributed by atoms with Crippen LogP contribution >= 0.6 is 0 Å². The van der Waals surface area contributed by atoms with Crippen molar-refractivity contribution < 1.29 is 4.39 Å². The van der Waals surface area contributed by atoms with Crippen LogP contribution in [-0.4, -0.2) is 50.3 Å². The first-order valence-corrected chi connectivity index (χ1v) is 11.7. The Morgan fingerprint density at radius 1 is 1.06 bits per heavy atom. The Balaban J connectivity index is 1.26. The second kappa shape index (κ2) is 9.32. The number of likely N-dealkylation sites (tertiary alicyclic amines) is 1. The number of benzene rings is 1. The summed E-state index contributed by atoms with van der Waals surface area (Å²) in [7, 11) is 0. The lowest BCUT2D eigenvalue weighted by Gasteiger charge is -2.36. The Labute approximate surface area is 186 Å². The van der Waals surface area contributed by atoms with Crippen LogP contribution in [0.25, 0.3) is 10.9 Å². The average molecular weight is 437 g/mol. The number of nitrogens with zero attached hydrogens (tertiary/aromatic N) is 5. The summed E-state index contributed by atoms with van der Waals surface area (Å²) in [4.78, 5) is 23.5. The molecule has 32 heavy (non-hydrogen) atoms. The molecule has 1 aliphatic carbocycles. The van der Waals surface area contributed by atoms with Crippen LogP contribution in [0.2, 0.25) is 0 Å². The van der Waals surface area contributed by atoms with Crippen molar-refractivity contribution in [2.75, 3.05) is 25.0 Å². The summed E-state index contributed by atoms with van der Waals surface area (Å²) in [6, 6.07) is 6.68. The smallest absolute Gasteiger partial charge is 0.267 e. The standard InChI is InChI=1S/C24H29FN6O/c25-18-8-9-22-20(14-18)24(28-16-27-22)26-15-19-6-3-4-10-30(19)11-12-31-23(32)13-17-5-1-2-7-21(17)29-31/h8-9,13-14,16,19H,1-7,10-12,15H2,(H,26,27,28). The first-order chi connectivity index (χ1) is 15.7. The molecule has 1 unspecified atom stereocenters. The fourth-order valence-corrected chi connectivity index (χ4v) is 4.95. The molecule has 0 bridgehead atoms. The summed E-state index contributed by atoms with van der Waals surface area (Å²) in [5.41, 5.74) is 2.95. The SMILES string of the molecule is O=c1cc2c(nn1CCN1CCCCC1CNc1ncnc3ccc(F)cc13)CCCC2. The molecule has 0 saturated carbocycles. The molecule has 2 aromatic heterocycles. The van der Waals surface area contributed by atoms with E-state index in [1.807, 2.05) is 0 Å². The summed E-state index contributed by atoms with van der Waals surface area (Å²) in [5, 5.41) is 8.78. The van der Waals surface area contributed by atoms with Crippen LogP contribution in [0.4, 0.5) is 10.2 Å². The van der Waals surface area contributed by atoms with Crippen LogP contribution in [0.1, 0.15) is 43.4 Å². The fourth-order valence-electron chi connectivity index (χ4n) is 4.95. The average Bonchev–Trinajstić information content (AvgIpc) is 2.82. The number of fused-ring (bicyclic) bond motifs is 2. The molecule has 1 aromatic carbocycles. The maximum Gasteiger partial charge on any atom is 0.267 e. The molecule has 0 spiro atoms. The van der Waals surface area contributed by atoms with Crippen LogP contribution in [0, 0.1) is 5.82 Å². The molecule has 1 saturated heterocycles. The molecule has 7 nitrogen and oxygen atoms in total. The normalized spacial score (nSPS) is 19.1. The van der Waals surface area contributed by atoms with E-state index in [0.717, 1.165) is 74.9 Å². The Morgan fingerprint density at radius 2 is 1.97 bits per heavy atom. The highest BCUT2D eigenvalue weighted by Crippen LogP contribution is 2.22. The third-order valence-corrected chi connectivity index (χ3v) is 6.72. The first kappa shape index (κ1) is 21.0. The minimum Gasteiger partial charge on any atom is -0.368 e. The number of piperidine rings is 1. The molecule has 0 radical (unpaired) electrons. The van der Waals surface area contributed by atoms with Gasteiger partial charge in [0.25, 0.3) is 5.56 Å². The summed E-state index contributed by atoms with van der Waals surface area (Å²) in [5.74, 6) is 0.366. The lowest BCUT2D eigenvalue weighted by molar-refractivity contribution is 0.147. The van der Waals surface area contributed by atoms with Crippen molar-refractivity contribution in [3.63, 3.8) is 0 Å². The van der Waals surface area contributed by atoms with E-state index in [-0.39, 0.29) is 11.4 Å². The summed E-state index contributed by atoms with van der Waals surface area (Å²) in [6.45, 7) is 3.11. The van der Waals surface area contributed by atoms with Gasteiger partial charge in [-0.1, -0.05) is 6.42 Å². The first-order valence-electron chi connectivity index (χ1n) is 11.7. The Hall–Kier alpha value is -2.87.